The number of carbonyl (C=O) groups is 1. The summed E-state index contributed by atoms with van der Waals surface area (Å²) >= 11 is 0. The van der Waals surface area contributed by atoms with Gasteiger partial charge < -0.3 is 9.30 Å². The van der Waals surface area contributed by atoms with E-state index in [2.05, 4.69) is 23.8 Å². The standard InChI is InChI=1S/C26H26N2O4S.H2/c1-17-12-18(2)23(19(3)13-17)16-28-24-11-10-21(32-4)14-20(24)15-25(28)26(29)27-33(30,31)22-8-6-5-7-9-22;/h5-15H,16H2,1-4H3,(H,27,29);1H. The maximum absolute atomic E-state index is 13.3. The van der Waals surface area contributed by atoms with Crippen molar-refractivity contribution in [2.45, 2.75) is 32.2 Å². The Balaban J connectivity index is 0.00000324. The second-order valence-electron chi connectivity index (χ2n) is 8.17. The van der Waals surface area contributed by atoms with Crippen molar-refractivity contribution in [3.05, 3.63) is 94.7 Å². The van der Waals surface area contributed by atoms with Crippen molar-refractivity contribution in [3.63, 3.8) is 0 Å². The van der Waals surface area contributed by atoms with Crippen molar-refractivity contribution >= 4 is 26.8 Å². The number of methoxy groups -OCH3 is 1. The molecule has 0 unspecified atom stereocenters. The highest BCUT2D eigenvalue weighted by Crippen LogP contribution is 2.28. The van der Waals surface area contributed by atoms with Crippen molar-refractivity contribution in [3.8, 4) is 5.75 Å². The Labute approximate surface area is 195 Å². The molecule has 0 fully saturated rings. The van der Waals surface area contributed by atoms with Crippen molar-refractivity contribution in [2.75, 3.05) is 7.11 Å². The largest absolute Gasteiger partial charge is 0.497 e. The van der Waals surface area contributed by atoms with Crippen LogP contribution >= 0.6 is 0 Å². The molecule has 0 aliphatic rings. The number of hydrogen-bond acceptors (Lipinski definition) is 4. The third kappa shape index (κ3) is 4.50. The van der Waals surface area contributed by atoms with E-state index in [0.29, 0.717) is 12.3 Å². The van der Waals surface area contributed by atoms with Gasteiger partial charge in [0.2, 0.25) is 0 Å². The number of nitrogens with one attached hydrogen (secondary N) is 1. The summed E-state index contributed by atoms with van der Waals surface area (Å²) in [6.45, 7) is 6.57. The van der Waals surface area contributed by atoms with Crippen molar-refractivity contribution in [1.29, 1.82) is 0 Å². The third-order valence-electron chi connectivity index (χ3n) is 5.78. The Kier molecular flexibility index (Phi) is 5.99. The van der Waals surface area contributed by atoms with Crippen molar-refractivity contribution in [2.24, 2.45) is 0 Å². The molecule has 0 saturated carbocycles. The number of aryl methyl sites for hydroxylation is 3. The number of fused-ring (bicyclic) bond motifs is 1. The van der Waals surface area contributed by atoms with Crippen LogP contribution in [0.25, 0.3) is 10.9 Å². The molecule has 7 heteroatoms. The average Bonchev–Trinajstić information content (AvgIpc) is 3.14. The highest BCUT2D eigenvalue weighted by molar-refractivity contribution is 7.90. The molecule has 3 aromatic carbocycles. The van der Waals surface area contributed by atoms with Crippen LogP contribution in [0.3, 0.4) is 0 Å². The summed E-state index contributed by atoms with van der Waals surface area (Å²) in [6.07, 6.45) is 0. The van der Waals surface area contributed by atoms with Crippen LogP contribution in [-0.4, -0.2) is 26.0 Å². The van der Waals surface area contributed by atoms with Gasteiger partial charge in [-0.2, -0.15) is 0 Å². The van der Waals surface area contributed by atoms with E-state index in [1.54, 1.807) is 31.4 Å². The molecule has 0 bridgehead atoms. The zero-order valence-corrected chi connectivity index (χ0v) is 19.9. The van der Waals surface area contributed by atoms with Gasteiger partial charge in [-0.05, 0) is 73.9 Å². The van der Waals surface area contributed by atoms with Crippen LogP contribution in [0.2, 0.25) is 0 Å². The molecule has 1 aromatic heterocycles. The van der Waals surface area contributed by atoms with Gasteiger partial charge >= 0.3 is 0 Å². The van der Waals surface area contributed by atoms with Gasteiger partial charge in [0.15, 0.2) is 0 Å². The van der Waals surface area contributed by atoms with Gasteiger partial charge in [0.05, 0.1) is 12.0 Å². The van der Waals surface area contributed by atoms with E-state index in [-0.39, 0.29) is 12.0 Å². The highest BCUT2D eigenvalue weighted by Gasteiger charge is 2.23. The smallest absolute Gasteiger partial charge is 0.281 e. The predicted octanol–water partition coefficient (Wildman–Crippen LogP) is 4.99. The van der Waals surface area contributed by atoms with Crippen molar-refractivity contribution < 1.29 is 19.4 Å². The number of carbonyl (C=O) groups excluding carboxylic acids is 1. The Hall–Kier alpha value is -3.58. The van der Waals surface area contributed by atoms with Gasteiger partial charge in [-0.15, -0.1) is 0 Å². The molecule has 0 aliphatic heterocycles. The summed E-state index contributed by atoms with van der Waals surface area (Å²) in [6, 6.07) is 19.3. The minimum atomic E-state index is -4.01. The fourth-order valence-corrected chi connectivity index (χ4v) is 5.17. The summed E-state index contributed by atoms with van der Waals surface area (Å²) in [5.74, 6) is -0.0253. The lowest BCUT2D eigenvalue weighted by Crippen LogP contribution is -2.32. The van der Waals surface area contributed by atoms with Gasteiger partial charge in [0.25, 0.3) is 15.9 Å². The van der Waals surface area contributed by atoms with Crippen molar-refractivity contribution in [1.82, 2.24) is 9.29 Å². The SMILES string of the molecule is COc1ccc2c(c1)cc(C(=O)NS(=O)(=O)c1ccccc1)n2Cc1c(C)cc(C)cc1C.[HH]. The van der Waals surface area contributed by atoms with E-state index in [9.17, 15) is 13.2 Å². The first kappa shape index (κ1) is 22.6. The van der Waals surface area contributed by atoms with E-state index in [0.717, 1.165) is 27.6 Å². The van der Waals surface area contributed by atoms with Gasteiger partial charge in [-0.3, -0.25) is 4.79 Å². The molecule has 4 rings (SSSR count). The lowest BCUT2D eigenvalue weighted by atomic mass is 9.99. The van der Waals surface area contributed by atoms with Gasteiger partial charge in [-0.25, -0.2) is 13.1 Å². The third-order valence-corrected chi connectivity index (χ3v) is 7.13. The molecule has 1 N–H and O–H groups in total. The fourth-order valence-electron chi connectivity index (χ4n) is 4.18. The molecule has 4 aromatic rings. The normalized spacial score (nSPS) is 11.5. The molecule has 0 aliphatic carbocycles. The number of sulfonamides is 1. The van der Waals surface area contributed by atoms with E-state index < -0.39 is 15.9 Å². The minimum absolute atomic E-state index is 0. The minimum Gasteiger partial charge on any atom is -0.497 e. The average molecular weight is 465 g/mol. The monoisotopic (exact) mass is 464 g/mol. The van der Waals surface area contributed by atoms with Gasteiger partial charge in [0, 0.05) is 18.9 Å². The van der Waals surface area contributed by atoms with Crippen LogP contribution in [0.4, 0.5) is 0 Å². The first-order chi connectivity index (χ1) is 15.7. The van der Waals surface area contributed by atoms with Gasteiger partial charge in [0.1, 0.15) is 11.4 Å². The highest BCUT2D eigenvalue weighted by atomic mass is 32.2. The number of benzene rings is 3. The zero-order chi connectivity index (χ0) is 23.8. The molecule has 6 nitrogen and oxygen atoms in total. The topological polar surface area (TPSA) is 77.4 Å². The van der Waals surface area contributed by atoms with Crippen LogP contribution in [0.5, 0.6) is 5.75 Å². The predicted molar refractivity (Wildman–Crippen MR) is 131 cm³/mol. The van der Waals surface area contributed by atoms with Gasteiger partial charge in [-0.1, -0.05) is 35.9 Å². The van der Waals surface area contributed by atoms with E-state index in [1.165, 1.54) is 17.7 Å². The number of amides is 1. The molecular formula is C26H28N2O4S. The van der Waals surface area contributed by atoms with Crippen LogP contribution in [0, 0.1) is 20.8 Å². The molecule has 0 spiro atoms. The summed E-state index contributed by atoms with van der Waals surface area (Å²) in [5.41, 5.74) is 5.57. The summed E-state index contributed by atoms with van der Waals surface area (Å²) in [4.78, 5) is 13.3. The summed E-state index contributed by atoms with van der Waals surface area (Å²) < 4.78 is 35.0. The number of ether oxygens (including phenoxy) is 1. The lowest BCUT2D eigenvalue weighted by molar-refractivity contribution is 0.0973. The number of rotatable bonds is 6. The molecule has 0 atom stereocenters. The Morgan fingerprint density at radius 2 is 1.64 bits per heavy atom. The molecule has 1 amide bonds. The summed E-state index contributed by atoms with van der Waals surface area (Å²) in [5, 5.41) is 0.791. The molecule has 0 radical (unpaired) electrons. The molecule has 33 heavy (non-hydrogen) atoms. The maximum atomic E-state index is 13.3. The van der Waals surface area contributed by atoms with Crippen LogP contribution in [0.1, 0.15) is 34.2 Å². The number of aromatic nitrogens is 1. The first-order valence-electron chi connectivity index (χ1n) is 10.6. The Bertz CT molecular complexity index is 1440. The second kappa shape index (κ2) is 8.75. The molecule has 0 saturated heterocycles. The van der Waals surface area contributed by atoms with E-state index in [4.69, 9.17) is 4.74 Å². The Morgan fingerprint density at radius 3 is 2.27 bits per heavy atom. The van der Waals surface area contributed by atoms with Crippen LogP contribution in [0.15, 0.2) is 71.6 Å². The molecule has 172 valence electrons. The number of nitrogens with zero attached hydrogens (tertiary/aromatic N) is 1. The fraction of sp³-hybridized carbons (Fsp3) is 0.192. The lowest BCUT2D eigenvalue weighted by Gasteiger charge is -2.16. The molecule has 1 heterocycles. The zero-order valence-electron chi connectivity index (χ0n) is 19.0. The molecular weight excluding hydrogens is 436 g/mol. The first-order valence-corrected chi connectivity index (χ1v) is 12.0. The summed E-state index contributed by atoms with van der Waals surface area (Å²) in [7, 11) is -2.43. The van der Waals surface area contributed by atoms with E-state index >= 15 is 0 Å². The maximum Gasteiger partial charge on any atom is 0.281 e. The Morgan fingerprint density at radius 1 is 0.970 bits per heavy atom. The number of hydrogen-bond donors (Lipinski definition) is 1. The van der Waals surface area contributed by atoms with Crippen LogP contribution < -0.4 is 9.46 Å². The second-order valence-corrected chi connectivity index (χ2v) is 9.85. The van der Waals surface area contributed by atoms with Crippen LogP contribution in [-0.2, 0) is 16.6 Å². The van der Waals surface area contributed by atoms with E-state index in [1.807, 2.05) is 36.6 Å². The quantitative estimate of drug-likeness (QED) is 0.436.